The van der Waals surface area contributed by atoms with Crippen LogP contribution in [-0.2, 0) is 4.74 Å². The first-order chi connectivity index (χ1) is 14.0. The minimum Gasteiger partial charge on any atom is -0.493 e. The highest BCUT2D eigenvalue weighted by Gasteiger charge is 2.20. The van der Waals surface area contributed by atoms with Gasteiger partial charge in [0.1, 0.15) is 5.69 Å². The highest BCUT2D eigenvalue weighted by atomic mass is 16.5. The van der Waals surface area contributed by atoms with Gasteiger partial charge in [0.25, 0.3) is 5.91 Å². The molecule has 0 saturated heterocycles. The van der Waals surface area contributed by atoms with Gasteiger partial charge in [-0.3, -0.25) is 4.79 Å². The summed E-state index contributed by atoms with van der Waals surface area (Å²) in [5, 5.41) is 3.47. The smallest absolute Gasteiger partial charge is 0.338 e. The summed E-state index contributed by atoms with van der Waals surface area (Å²) < 4.78 is 21.1. The molecule has 1 heterocycles. The average Bonchev–Trinajstić information content (AvgIpc) is 3.16. The third-order valence-electron chi connectivity index (χ3n) is 4.32. The van der Waals surface area contributed by atoms with E-state index in [4.69, 9.17) is 18.9 Å². The number of aromatic amines is 1. The Morgan fingerprint density at radius 3 is 2.24 bits per heavy atom. The van der Waals surface area contributed by atoms with E-state index >= 15 is 0 Å². The van der Waals surface area contributed by atoms with E-state index in [0.717, 1.165) is 0 Å². The largest absolute Gasteiger partial charge is 0.493 e. The molecule has 0 aliphatic rings. The SMILES string of the molecule is CCOC(=O)c1ccc(NC(=O)c2cc3c(OC)c(OC)c(OC)cc3[nH]2)cc1. The fourth-order valence-electron chi connectivity index (χ4n) is 2.98. The molecule has 0 radical (unpaired) electrons. The van der Waals surface area contributed by atoms with E-state index in [1.807, 2.05) is 0 Å². The molecule has 152 valence electrons. The molecule has 1 aromatic heterocycles. The fourth-order valence-corrected chi connectivity index (χ4v) is 2.98. The Bertz CT molecular complexity index is 1040. The first kappa shape index (κ1) is 20.1. The first-order valence-electron chi connectivity index (χ1n) is 8.92. The van der Waals surface area contributed by atoms with Crippen molar-refractivity contribution in [3.8, 4) is 17.2 Å². The Morgan fingerprint density at radius 2 is 1.66 bits per heavy atom. The van der Waals surface area contributed by atoms with Gasteiger partial charge in [-0.05, 0) is 37.3 Å². The predicted molar refractivity (Wildman–Crippen MR) is 108 cm³/mol. The van der Waals surface area contributed by atoms with Gasteiger partial charge >= 0.3 is 5.97 Å². The number of H-pyrrole nitrogens is 1. The summed E-state index contributed by atoms with van der Waals surface area (Å²) in [5.41, 5.74) is 1.97. The Hall–Kier alpha value is -3.68. The third kappa shape index (κ3) is 3.96. The maximum atomic E-state index is 12.7. The van der Waals surface area contributed by atoms with E-state index in [-0.39, 0.29) is 5.91 Å². The minimum atomic E-state index is -0.406. The lowest BCUT2D eigenvalue weighted by Gasteiger charge is -2.12. The number of fused-ring (bicyclic) bond motifs is 1. The highest BCUT2D eigenvalue weighted by molar-refractivity contribution is 6.07. The van der Waals surface area contributed by atoms with Crippen LogP contribution >= 0.6 is 0 Å². The van der Waals surface area contributed by atoms with Crippen LogP contribution in [0.4, 0.5) is 5.69 Å². The van der Waals surface area contributed by atoms with Gasteiger partial charge in [0.15, 0.2) is 11.5 Å². The fraction of sp³-hybridized carbons (Fsp3) is 0.238. The van der Waals surface area contributed by atoms with Crippen LogP contribution in [-0.4, -0.2) is 44.8 Å². The molecule has 8 heteroatoms. The number of carbonyl (C=O) groups excluding carboxylic acids is 2. The molecule has 0 unspecified atom stereocenters. The van der Waals surface area contributed by atoms with Crippen LogP contribution in [0, 0.1) is 0 Å². The molecule has 3 aromatic rings. The molecule has 0 aliphatic heterocycles. The number of methoxy groups -OCH3 is 3. The topological polar surface area (TPSA) is 98.9 Å². The second kappa shape index (κ2) is 8.55. The first-order valence-corrected chi connectivity index (χ1v) is 8.92. The van der Waals surface area contributed by atoms with Gasteiger partial charge in [0.05, 0.1) is 39.0 Å². The van der Waals surface area contributed by atoms with Gasteiger partial charge in [0.2, 0.25) is 5.75 Å². The number of anilines is 1. The monoisotopic (exact) mass is 398 g/mol. The van der Waals surface area contributed by atoms with Gasteiger partial charge < -0.3 is 29.2 Å². The number of amides is 1. The number of hydrogen-bond acceptors (Lipinski definition) is 6. The maximum Gasteiger partial charge on any atom is 0.338 e. The zero-order valence-electron chi connectivity index (χ0n) is 16.6. The third-order valence-corrected chi connectivity index (χ3v) is 4.32. The number of carbonyl (C=O) groups is 2. The van der Waals surface area contributed by atoms with Gasteiger partial charge in [0, 0.05) is 17.1 Å². The minimum absolute atomic E-state index is 0.302. The lowest BCUT2D eigenvalue weighted by Crippen LogP contribution is -2.12. The van der Waals surface area contributed by atoms with E-state index in [0.29, 0.717) is 51.7 Å². The summed E-state index contributed by atoms with van der Waals surface area (Å²) in [6, 6.07) is 9.88. The highest BCUT2D eigenvalue weighted by Crippen LogP contribution is 2.43. The number of rotatable bonds is 7. The Balaban J connectivity index is 1.87. The molecule has 0 spiro atoms. The summed E-state index contributed by atoms with van der Waals surface area (Å²) in [4.78, 5) is 27.5. The normalized spacial score (nSPS) is 10.5. The van der Waals surface area contributed by atoms with Crippen molar-refractivity contribution in [2.45, 2.75) is 6.92 Å². The van der Waals surface area contributed by atoms with E-state index in [1.165, 1.54) is 21.3 Å². The van der Waals surface area contributed by atoms with Crippen LogP contribution < -0.4 is 19.5 Å². The molecule has 0 saturated carbocycles. The molecule has 29 heavy (non-hydrogen) atoms. The van der Waals surface area contributed by atoms with Crippen LogP contribution in [0.3, 0.4) is 0 Å². The molecule has 0 atom stereocenters. The van der Waals surface area contributed by atoms with Crippen molar-refractivity contribution in [2.24, 2.45) is 0 Å². The number of benzene rings is 2. The summed E-state index contributed by atoms with van der Waals surface area (Å²) in [6.07, 6.45) is 0. The maximum absolute atomic E-state index is 12.7. The second-order valence-electron chi connectivity index (χ2n) is 6.04. The number of nitrogens with one attached hydrogen (secondary N) is 2. The zero-order valence-corrected chi connectivity index (χ0v) is 16.6. The summed E-state index contributed by atoms with van der Waals surface area (Å²) in [6.45, 7) is 2.05. The molecular weight excluding hydrogens is 376 g/mol. The second-order valence-corrected chi connectivity index (χ2v) is 6.04. The molecule has 8 nitrogen and oxygen atoms in total. The van der Waals surface area contributed by atoms with Crippen molar-refractivity contribution in [3.63, 3.8) is 0 Å². The Kier molecular flexibility index (Phi) is 5.92. The molecular formula is C21H22N2O6. The van der Waals surface area contributed by atoms with E-state index in [9.17, 15) is 9.59 Å². The van der Waals surface area contributed by atoms with Crippen molar-refractivity contribution in [1.82, 2.24) is 4.98 Å². The van der Waals surface area contributed by atoms with Gasteiger partial charge in [-0.25, -0.2) is 4.79 Å². The van der Waals surface area contributed by atoms with Crippen LogP contribution in [0.2, 0.25) is 0 Å². The summed E-state index contributed by atoms with van der Waals surface area (Å²) in [5.74, 6) is 0.653. The molecule has 3 rings (SSSR count). The Labute approximate surface area is 167 Å². The lowest BCUT2D eigenvalue weighted by molar-refractivity contribution is 0.0526. The standard InChI is InChI=1S/C21H22N2O6/c1-5-29-21(25)12-6-8-13(9-7-12)22-20(24)16-10-14-15(23-16)11-17(26-2)19(28-4)18(14)27-3/h6-11,23H,5H2,1-4H3,(H,22,24). The number of esters is 1. The van der Waals surface area contributed by atoms with Crippen molar-refractivity contribution in [2.75, 3.05) is 33.3 Å². The van der Waals surface area contributed by atoms with Crippen molar-refractivity contribution in [3.05, 3.63) is 47.7 Å². The summed E-state index contributed by atoms with van der Waals surface area (Å²) >= 11 is 0. The van der Waals surface area contributed by atoms with Gasteiger partial charge in [-0.2, -0.15) is 0 Å². The zero-order chi connectivity index (χ0) is 21.0. The van der Waals surface area contributed by atoms with Crippen LogP contribution in [0.25, 0.3) is 10.9 Å². The molecule has 2 aromatic carbocycles. The molecule has 0 bridgehead atoms. The average molecular weight is 398 g/mol. The van der Waals surface area contributed by atoms with Gasteiger partial charge in [-0.1, -0.05) is 0 Å². The Morgan fingerprint density at radius 1 is 0.966 bits per heavy atom. The predicted octanol–water partition coefficient (Wildman–Crippen LogP) is 3.62. The molecule has 0 aliphatic carbocycles. The quantitative estimate of drug-likeness (QED) is 0.590. The molecule has 0 fully saturated rings. The molecule has 1 amide bonds. The van der Waals surface area contributed by atoms with Crippen molar-refractivity contribution in [1.29, 1.82) is 0 Å². The molecule has 2 N–H and O–H groups in total. The van der Waals surface area contributed by atoms with Crippen molar-refractivity contribution < 1.29 is 28.5 Å². The number of aromatic nitrogens is 1. The lowest BCUT2D eigenvalue weighted by atomic mass is 10.2. The van der Waals surface area contributed by atoms with Crippen molar-refractivity contribution >= 4 is 28.5 Å². The number of hydrogen-bond donors (Lipinski definition) is 2. The van der Waals surface area contributed by atoms with Gasteiger partial charge in [-0.15, -0.1) is 0 Å². The van der Waals surface area contributed by atoms with Crippen LogP contribution in [0.1, 0.15) is 27.8 Å². The van der Waals surface area contributed by atoms with Crippen LogP contribution in [0.15, 0.2) is 36.4 Å². The van der Waals surface area contributed by atoms with Crippen LogP contribution in [0.5, 0.6) is 17.2 Å². The van der Waals surface area contributed by atoms with E-state index in [1.54, 1.807) is 43.3 Å². The summed E-state index contributed by atoms with van der Waals surface area (Å²) in [7, 11) is 4.57. The number of ether oxygens (including phenoxy) is 4. The van der Waals surface area contributed by atoms with E-state index in [2.05, 4.69) is 10.3 Å². The van der Waals surface area contributed by atoms with E-state index < -0.39 is 5.97 Å².